The summed E-state index contributed by atoms with van der Waals surface area (Å²) in [5.74, 6) is 0.0777. The van der Waals surface area contributed by atoms with Crippen LogP contribution in [0.3, 0.4) is 0 Å². The highest BCUT2D eigenvalue weighted by Crippen LogP contribution is 2.27. The maximum absolute atomic E-state index is 12.8. The number of phenolic OH excluding ortho intramolecular Hbond substituents is 1. The van der Waals surface area contributed by atoms with Crippen LogP contribution in [0.2, 0.25) is 0 Å². The Kier molecular flexibility index (Phi) is 5.08. The molecule has 0 aliphatic carbocycles. The van der Waals surface area contributed by atoms with E-state index in [0.29, 0.717) is 5.92 Å². The molecule has 3 heteroatoms. The Bertz CT molecular complexity index is 987. The van der Waals surface area contributed by atoms with Crippen molar-refractivity contribution < 1.29 is 9.90 Å². The standard InChI is InChI=1S/C23H23NO2/c1-15(2)11-12-19-16(3)7-6-10-21(19)24-23(26)20-13-17-8-4-5-9-18(17)14-22(20)25/h4-15,25H,1-3H3,(H,24,26)/b12-11-. The van der Waals surface area contributed by atoms with Crippen molar-refractivity contribution in [3.05, 3.63) is 77.4 Å². The minimum absolute atomic E-state index is 0.0203. The normalized spacial score (nSPS) is 11.4. The molecule has 1 amide bonds. The summed E-state index contributed by atoms with van der Waals surface area (Å²) in [6.45, 7) is 6.24. The zero-order chi connectivity index (χ0) is 18.7. The third-order valence-corrected chi connectivity index (χ3v) is 4.33. The van der Waals surface area contributed by atoms with Crippen LogP contribution in [0, 0.1) is 12.8 Å². The molecule has 0 fully saturated rings. The van der Waals surface area contributed by atoms with Gasteiger partial charge >= 0.3 is 0 Å². The topological polar surface area (TPSA) is 49.3 Å². The van der Waals surface area contributed by atoms with Crippen LogP contribution in [-0.2, 0) is 0 Å². The number of carbonyl (C=O) groups excluding carboxylic acids is 1. The number of anilines is 1. The van der Waals surface area contributed by atoms with Crippen molar-refractivity contribution in [2.24, 2.45) is 5.92 Å². The van der Waals surface area contributed by atoms with E-state index < -0.39 is 0 Å². The summed E-state index contributed by atoms with van der Waals surface area (Å²) in [5.41, 5.74) is 3.07. The number of carbonyl (C=O) groups is 1. The highest BCUT2D eigenvalue weighted by Gasteiger charge is 2.14. The number of rotatable bonds is 4. The Morgan fingerprint density at radius 3 is 2.42 bits per heavy atom. The van der Waals surface area contributed by atoms with Gasteiger partial charge in [-0.1, -0.05) is 62.4 Å². The molecule has 3 nitrogen and oxygen atoms in total. The van der Waals surface area contributed by atoms with Gasteiger partial charge in [0.25, 0.3) is 5.91 Å². The van der Waals surface area contributed by atoms with Crippen molar-refractivity contribution in [2.75, 3.05) is 5.32 Å². The average Bonchev–Trinajstić information content (AvgIpc) is 2.60. The SMILES string of the molecule is Cc1cccc(NC(=O)c2cc3ccccc3cc2O)c1/C=C\C(C)C. The highest BCUT2D eigenvalue weighted by molar-refractivity contribution is 6.09. The Labute approximate surface area is 154 Å². The molecule has 3 rings (SSSR count). The fraction of sp³-hybridized carbons (Fsp3) is 0.174. The second-order valence-electron chi connectivity index (χ2n) is 6.81. The van der Waals surface area contributed by atoms with Gasteiger partial charge in [0, 0.05) is 11.3 Å². The van der Waals surface area contributed by atoms with Crippen LogP contribution in [0.25, 0.3) is 16.8 Å². The summed E-state index contributed by atoms with van der Waals surface area (Å²) in [6.07, 6.45) is 4.14. The first-order chi connectivity index (χ1) is 12.5. The van der Waals surface area contributed by atoms with Crippen LogP contribution < -0.4 is 5.32 Å². The smallest absolute Gasteiger partial charge is 0.259 e. The lowest BCUT2D eigenvalue weighted by Crippen LogP contribution is -2.13. The van der Waals surface area contributed by atoms with Crippen LogP contribution in [0.15, 0.2) is 60.7 Å². The summed E-state index contributed by atoms with van der Waals surface area (Å²) >= 11 is 0. The van der Waals surface area contributed by atoms with E-state index in [1.807, 2.05) is 55.5 Å². The van der Waals surface area contributed by atoms with Crippen LogP contribution in [0.1, 0.15) is 35.3 Å². The van der Waals surface area contributed by atoms with Gasteiger partial charge in [0.1, 0.15) is 5.75 Å². The van der Waals surface area contributed by atoms with Crippen molar-refractivity contribution in [3.63, 3.8) is 0 Å². The third kappa shape index (κ3) is 3.77. The number of fused-ring (bicyclic) bond motifs is 1. The van der Waals surface area contributed by atoms with Gasteiger partial charge in [-0.25, -0.2) is 0 Å². The Morgan fingerprint density at radius 1 is 1.04 bits per heavy atom. The van der Waals surface area contributed by atoms with Crippen molar-refractivity contribution in [1.82, 2.24) is 0 Å². The Hall–Kier alpha value is -3.07. The fourth-order valence-corrected chi connectivity index (χ4v) is 2.90. The van der Waals surface area contributed by atoms with Gasteiger partial charge < -0.3 is 10.4 Å². The van der Waals surface area contributed by atoms with Gasteiger partial charge in [-0.05, 0) is 47.4 Å². The van der Waals surface area contributed by atoms with Gasteiger partial charge in [-0.15, -0.1) is 0 Å². The van der Waals surface area contributed by atoms with Crippen molar-refractivity contribution >= 4 is 28.4 Å². The second-order valence-corrected chi connectivity index (χ2v) is 6.81. The van der Waals surface area contributed by atoms with Gasteiger partial charge in [0.05, 0.1) is 5.56 Å². The predicted octanol–water partition coefficient (Wildman–Crippen LogP) is 5.78. The molecule has 0 aliphatic rings. The quantitative estimate of drug-likeness (QED) is 0.630. The highest BCUT2D eigenvalue weighted by atomic mass is 16.3. The van der Waals surface area contributed by atoms with Crippen LogP contribution in [-0.4, -0.2) is 11.0 Å². The predicted molar refractivity (Wildman–Crippen MR) is 109 cm³/mol. The van der Waals surface area contributed by atoms with E-state index in [-0.39, 0.29) is 17.2 Å². The zero-order valence-corrected chi connectivity index (χ0v) is 15.3. The molecule has 0 spiro atoms. The summed E-state index contributed by atoms with van der Waals surface area (Å²) in [5, 5.41) is 15.0. The first-order valence-corrected chi connectivity index (χ1v) is 8.76. The molecule has 3 aromatic rings. The van der Waals surface area contributed by atoms with Gasteiger partial charge in [0.15, 0.2) is 0 Å². The maximum Gasteiger partial charge on any atom is 0.259 e. The van der Waals surface area contributed by atoms with E-state index in [1.54, 1.807) is 12.1 Å². The van der Waals surface area contributed by atoms with E-state index in [2.05, 4.69) is 25.2 Å². The van der Waals surface area contributed by atoms with Crippen LogP contribution >= 0.6 is 0 Å². The number of aryl methyl sites for hydroxylation is 1. The van der Waals surface area contributed by atoms with Gasteiger partial charge in [0.2, 0.25) is 0 Å². The average molecular weight is 345 g/mol. The number of nitrogens with one attached hydrogen (secondary N) is 1. The maximum atomic E-state index is 12.8. The molecule has 3 aromatic carbocycles. The second kappa shape index (κ2) is 7.44. The molecule has 0 bridgehead atoms. The molecule has 0 saturated carbocycles. The van der Waals surface area contributed by atoms with Crippen LogP contribution in [0.5, 0.6) is 5.75 Å². The lowest BCUT2D eigenvalue weighted by Gasteiger charge is -2.13. The van der Waals surface area contributed by atoms with E-state index in [9.17, 15) is 9.90 Å². The molecular weight excluding hydrogens is 322 g/mol. The molecule has 0 atom stereocenters. The number of benzene rings is 3. The molecule has 0 aliphatic heterocycles. The van der Waals surface area contributed by atoms with Crippen molar-refractivity contribution in [2.45, 2.75) is 20.8 Å². The lowest BCUT2D eigenvalue weighted by atomic mass is 10.0. The Balaban J connectivity index is 1.96. The molecule has 132 valence electrons. The molecule has 0 heterocycles. The van der Waals surface area contributed by atoms with Crippen molar-refractivity contribution in [3.8, 4) is 5.75 Å². The van der Waals surface area contributed by atoms with Gasteiger partial charge in [-0.2, -0.15) is 0 Å². The first kappa shape index (κ1) is 17.7. The monoisotopic (exact) mass is 345 g/mol. The number of hydrogen-bond acceptors (Lipinski definition) is 2. The Morgan fingerprint density at radius 2 is 1.73 bits per heavy atom. The van der Waals surface area contributed by atoms with E-state index in [0.717, 1.165) is 27.6 Å². The minimum Gasteiger partial charge on any atom is -0.507 e. The number of hydrogen-bond donors (Lipinski definition) is 2. The molecule has 0 saturated heterocycles. The summed E-state index contributed by atoms with van der Waals surface area (Å²) in [4.78, 5) is 12.8. The fourth-order valence-electron chi connectivity index (χ4n) is 2.90. The molecule has 0 radical (unpaired) electrons. The number of aromatic hydroxyl groups is 1. The summed E-state index contributed by atoms with van der Waals surface area (Å²) in [7, 11) is 0. The van der Waals surface area contributed by atoms with Crippen LogP contribution in [0.4, 0.5) is 5.69 Å². The lowest BCUT2D eigenvalue weighted by molar-refractivity contribution is 0.102. The number of amides is 1. The zero-order valence-electron chi connectivity index (χ0n) is 15.3. The molecule has 0 aromatic heterocycles. The summed E-state index contributed by atoms with van der Waals surface area (Å²) in [6, 6.07) is 16.8. The molecular formula is C23H23NO2. The van der Waals surface area contributed by atoms with E-state index in [1.165, 1.54) is 0 Å². The third-order valence-electron chi connectivity index (χ3n) is 4.33. The number of allylic oxidation sites excluding steroid dienone is 1. The number of phenols is 1. The first-order valence-electron chi connectivity index (χ1n) is 8.76. The van der Waals surface area contributed by atoms with Gasteiger partial charge in [-0.3, -0.25) is 4.79 Å². The largest absolute Gasteiger partial charge is 0.507 e. The van der Waals surface area contributed by atoms with E-state index in [4.69, 9.17) is 0 Å². The summed E-state index contributed by atoms with van der Waals surface area (Å²) < 4.78 is 0. The van der Waals surface area contributed by atoms with Crippen molar-refractivity contribution in [1.29, 1.82) is 0 Å². The van der Waals surface area contributed by atoms with E-state index >= 15 is 0 Å². The molecule has 0 unspecified atom stereocenters. The molecule has 26 heavy (non-hydrogen) atoms. The molecule has 2 N–H and O–H groups in total. The minimum atomic E-state index is -0.321.